The first-order chi connectivity index (χ1) is 29.7. The Kier molecular flexibility index (Phi) is 7.59. The average molecular weight is 784 g/mol. The molecule has 2 aliphatic carbocycles. The van der Waals surface area contributed by atoms with E-state index in [1.807, 2.05) is 0 Å². The van der Waals surface area contributed by atoms with Crippen molar-refractivity contribution in [1.82, 2.24) is 15.0 Å². The molecule has 4 nitrogen and oxygen atoms in total. The van der Waals surface area contributed by atoms with Crippen LogP contribution in [-0.4, -0.2) is 15.0 Å². The molecule has 0 unspecified atom stereocenters. The zero-order chi connectivity index (χ0) is 41.0. The van der Waals surface area contributed by atoms with Crippen LogP contribution < -0.4 is 0 Å². The molecule has 2 aliphatic rings. The molecule has 12 rings (SSSR count). The van der Waals surface area contributed by atoms with Crippen molar-refractivity contribution in [2.45, 2.75) is 38.5 Å². The van der Waals surface area contributed by atoms with E-state index in [-0.39, 0.29) is 10.8 Å². The van der Waals surface area contributed by atoms with Crippen molar-refractivity contribution in [2.24, 2.45) is 0 Å². The first-order valence-corrected chi connectivity index (χ1v) is 21.1. The number of rotatable bonds is 5. The lowest BCUT2D eigenvalue weighted by molar-refractivity contribution is 0.660. The standard InChI is InChI=1S/C57H41N3O/c1-56(2)46-21-10-8-18-41(46)44-31-38(25-28-48(44)56)54-58-53(59-55(60-54)39-26-29-49-45(32-39)42-19-9-11-22-47(42)57(49,3)4)37-17-12-16-35(30-37)36-24-27-43-51(33-36)61-50-23-13-20-40(52(43)50)34-14-6-5-7-15-34/h5-33H,1-4H3. The fourth-order valence-electron chi connectivity index (χ4n) is 10.2. The normalized spacial score (nSPS) is 14.2. The van der Waals surface area contributed by atoms with Crippen LogP contribution >= 0.6 is 0 Å². The fraction of sp³-hybridized carbons (Fsp3) is 0.105. The molecular weight excluding hydrogens is 743 g/mol. The van der Waals surface area contributed by atoms with Gasteiger partial charge in [-0.05, 0) is 103 Å². The summed E-state index contributed by atoms with van der Waals surface area (Å²) >= 11 is 0. The minimum atomic E-state index is -0.0929. The number of hydrogen-bond donors (Lipinski definition) is 0. The Hall–Kier alpha value is -7.43. The molecule has 4 heteroatoms. The Labute approximate surface area is 355 Å². The molecule has 0 saturated carbocycles. The van der Waals surface area contributed by atoms with E-state index in [1.165, 1.54) is 55.6 Å². The van der Waals surface area contributed by atoms with Crippen molar-refractivity contribution in [3.8, 4) is 78.7 Å². The van der Waals surface area contributed by atoms with Gasteiger partial charge in [-0.3, -0.25) is 0 Å². The largest absolute Gasteiger partial charge is 0.456 e. The van der Waals surface area contributed by atoms with Crippen LogP contribution in [0.3, 0.4) is 0 Å². The summed E-state index contributed by atoms with van der Waals surface area (Å²) in [5.41, 5.74) is 19.2. The molecule has 0 amide bonds. The average Bonchev–Trinajstić information content (AvgIpc) is 3.88. The van der Waals surface area contributed by atoms with Gasteiger partial charge in [0.25, 0.3) is 0 Å². The molecule has 0 N–H and O–H groups in total. The topological polar surface area (TPSA) is 51.8 Å². The van der Waals surface area contributed by atoms with E-state index < -0.39 is 0 Å². The summed E-state index contributed by atoms with van der Waals surface area (Å²) in [7, 11) is 0. The Morgan fingerprint density at radius 1 is 0.328 bits per heavy atom. The van der Waals surface area contributed by atoms with E-state index >= 15 is 0 Å². The molecular formula is C57H41N3O. The molecule has 0 fully saturated rings. The summed E-state index contributed by atoms with van der Waals surface area (Å²) < 4.78 is 6.52. The molecule has 2 aromatic heterocycles. The third-order valence-corrected chi connectivity index (χ3v) is 13.4. The van der Waals surface area contributed by atoms with Gasteiger partial charge in [0, 0.05) is 38.3 Å². The summed E-state index contributed by atoms with van der Waals surface area (Å²) in [6, 6.07) is 62.8. The molecule has 0 atom stereocenters. The van der Waals surface area contributed by atoms with Gasteiger partial charge in [-0.1, -0.05) is 167 Å². The molecule has 0 radical (unpaired) electrons. The number of hydrogen-bond acceptors (Lipinski definition) is 4. The first kappa shape index (κ1) is 35.5. The van der Waals surface area contributed by atoms with Crippen LogP contribution in [0.25, 0.3) is 101 Å². The van der Waals surface area contributed by atoms with Crippen LogP contribution in [0.4, 0.5) is 0 Å². The smallest absolute Gasteiger partial charge is 0.164 e. The molecule has 10 aromatic rings. The molecule has 290 valence electrons. The third-order valence-electron chi connectivity index (χ3n) is 13.4. The van der Waals surface area contributed by atoms with Crippen LogP contribution in [0.5, 0.6) is 0 Å². The van der Waals surface area contributed by atoms with Gasteiger partial charge >= 0.3 is 0 Å². The van der Waals surface area contributed by atoms with E-state index in [2.05, 4.69) is 204 Å². The molecule has 0 bridgehead atoms. The maximum Gasteiger partial charge on any atom is 0.164 e. The first-order valence-electron chi connectivity index (χ1n) is 21.1. The summed E-state index contributed by atoms with van der Waals surface area (Å²) in [6.45, 7) is 9.24. The van der Waals surface area contributed by atoms with E-state index in [4.69, 9.17) is 19.4 Å². The molecule has 61 heavy (non-hydrogen) atoms. The Morgan fingerprint density at radius 2 is 0.787 bits per heavy atom. The van der Waals surface area contributed by atoms with Gasteiger partial charge in [0.05, 0.1) is 0 Å². The molecule has 0 aliphatic heterocycles. The van der Waals surface area contributed by atoms with Crippen LogP contribution in [0.2, 0.25) is 0 Å². The maximum absolute atomic E-state index is 6.52. The highest BCUT2D eigenvalue weighted by Gasteiger charge is 2.37. The molecule has 0 spiro atoms. The highest BCUT2D eigenvalue weighted by Crippen LogP contribution is 2.51. The summed E-state index contributed by atoms with van der Waals surface area (Å²) in [6.07, 6.45) is 0. The summed E-state index contributed by atoms with van der Waals surface area (Å²) in [4.78, 5) is 15.8. The predicted octanol–water partition coefficient (Wildman–Crippen LogP) is 14.7. The van der Waals surface area contributed by atoms with Gasteiger partial charge in [0.15, 0.2) is 17.5 Å². The van der Waals surface area contributed by atoms with Crippen molar-refractivity contribution in [2.75, 3.05) is 0 Å². The molecule has 2 heterocycles. The highest BCUT2D eigenvalue weighted by atomic mass is 16.3. The number of furan rings is 1. The second-order valence-electron chi connectivity index (χ2n) is 17.6. The second-order valence-corrected chi connectivity index (χ2v) is 17.6. The Morgan fingerprint density at radius 3 is 1.41 bits per heavy atom. The minimum Gasteiger partial charge on any atom is -0.456 e. The van der Waals surface area contributed by atoms with Crippen molar-refractivity contribution < 1.29 is 4.42 Å². The fourth-order valence-corrected chi connectivity index (χ4v) is 10.2. The Balaban J connectivity index is 1.00. The van der Waals surface area contributed by atoms with Crippen molar-refractivity contribution in [3.05, 3.63) is 198 Å². The quantitative estimate of drug-likeness (QED) is 0.174. The maximum atomic E-state index is 6.52. The van der Waals surface area contributed by atoms with Crippen LogP contribution in [0.15, 0.2) is 180 Å². The third kappa shape index (κ3) is 5.41. The molecule has 0 saturated heterocycles. The zero-order valence-corrected chi connectivity index (χ0v) is 34.5. The van der Waals surface area contributed by atoms with Gasteiger partial charge < -0.3 is 4.42 Å². The van der Waals surface area contributed by atoms with E-state index in [0.29, 0.717) is 17.5 Å². The molecule has 8 aromatic carbocycles. The number of benzene rings is 8. The van der Waals surface area contributed by atoms with Crippen LogP contribution in [0.1, 0.15) is 49.9 Å². The van der Waals surface area contributed by atoms with E-state index in [1.54, 1.807) is 0 Å². The van der Waals surface area contributed by atoms with Gasteiger partial charge in [-0.15, -0.1) is 0 Å². The van der Waals surface area contributed by atoms with Crippen molar-refractivity contribution >= 4 is 21.9 Å². The zero-order valence-electron chi connectivity index (χ0n) is 34.5. The van der Waals surface area contributed by atoms with Gasteiger partial charge in [-0.25, -0.2) is 15.0 Å². The SMILES string of the molecule is CC1(C)c2ccccc2-c2cc(-c3nc(-c4cccc(-c5ccc6c(c5)oc5cccc(-c7ccccc7)c56)c4)nc(-c4ccc5c(c4)-c4ccccc4C5(C)C)n3)ccc21. The number of aromatic nitrogens is 3. The lowest BCUT2D eigenvalue weighted by Crippen LogP contribution is -2.14. The highest BCUT2D eigenvalue weighted by molar-refractivity contribution is 6.13. The Bertz CT molecular complexity index is 3300. The van der Waals surface area contributed by atoms with Crippen LogP contribution in [-0.2, 0) is 10.8 Å². The van der Waals surface area contributed by atoms with Gasteiger partial charge in [-0.2, -0.15) is 0 Å². The van der Waals surface area contributed by atoms with E-state index in [9.17, 15) is 0 Å². The minimum absolute atomic E-state index is 0.0929. The number of fused-ring (bicyclic) bond motifs is 9. The predicted molar refractivity (Wildman–Crippen MR) is 249 cm³/mol. The number of nitrogens with zero attached hydrogens (tertiary/aromatic N) is 3. The lowest BCUT2D eigenvalue weighted by Gasteiger charge is -2.21. The summed E-state index contributed by atoms with van der Waals surface area (Å²) in [5, 5.41) is 2.23. The van der Waals surface area contributed by atoms with Crippen LogP contribution in [0, 0.1) is 0 Å². The van der Waals surface area contributed by atoms with E-state index in [0.717, 1.165) is 49.8 Å². The van der Waals surface area contributed by atoms with Crippen molar-refractivity contribution in [3.63, 3.8) is 0 Å². The lowest BCUT2D eigenvalue weighted by atomic mass is 9.82. The monoisotopic (exact) mass is 783 g/mol. The summed E-state index contributed by atoms with van der Waals surface area (Å²) in [5.74, 6) is 1.92. The second kappa shape index (κ2) is 13.0. The van der Waals surface area contributed by atoms with Crippen molar-refractivity contribution in [1.29, 1.82) is 0 Å². The van der Waals surface area contributed by atoms with Gasteiger partial charge in [0.1, 0.15) is 11.2 Å². The van der Waals surface area contributed by atoms with Gasteiger partial charge in [0.2, 0.25) is 0 Å².